The van der Waals surface area contributed by atoms with Crippen molar-refractivity contribution in [1.82, 2.24) is 10.6 Å². The molecule has 0 amide bonds. The molecule has 0 aromatic carbocycles. The van der Waals surface area contributed by atoms with Crippen LogP contribution in [0.15, 0.2) is 0 Å². The van der Waals surface area contributed by atoms with Gasteiger partial charge in [-0.1, -0.05) is 0 Å². The Kier molecular flexibility index (Phi) is 2.35. The average molecular weight is 170 g/mol. The van der Waals surface area contributed by atoms with Crippen molar-refractivity contribution in [3.8, 4) is 0 Å². The molecule has 1 atom stereocenters. The van der Waals surface area contributed by atoms with Gasteiger partial charge in [0.05, 0.1) is 12.7 Å². The first kappa shape index (κ1) is 8.48. The fourth-order valence-electron chi connectivity index (χ4n) is 2.00. The molecule has 2 N–H and O–H groups in total. The molecule has 3 heteroatoms. The lowest BCUT2D eigenvalue weighted by Crippen LogP contribution is -2.60. The highest BCUT2D eigenvalue weighted by Crippen LogP contribution is 2.22. The first-order valence-corrected chi connectivity index (χ1v) is 4.88. The Hall–Kier alpha value is -0.120. The molecule has 70 valence electrons. The van der Waals surface area contributed by atoms with Crippen molar-refractivity contribution in [3.05, 3.63) is 0 Å². The van der Waals surface area contributed by atoms with Crippen molar-refractivity contribution in [2.24, 2.45) is 0 Å². The highest BCUT2D eigenvalue weighted by Gasteiger charge is 2.35. The highest BCUT2D eigenvalue weighted by atomic mass is 16.5. The molecule has 0 radical (unpaired) electrons. The summed E-state index contributed by atoms with van der Waals surface area (Å²) in [6.07, 6.45) is 2.81. The SMILES string of the molecule is CC1CNC2(CCNCC2)CO1. The summed E-state index contributed by atoms with van der Waals surface area (Å²) < 4.78 is 5.68. The van der Waals surface area contributed by atoms with E-state index in [1.807, 2.05) is 0 Å². The van der Waals surface area contributed by atoms with Gasteiger partial charge in [-0.3, -0.25) is 0 Å². The number of ether oxygens (including phenoxy) is 1. The van der Waals surface area contributed by atoms with E-state index in [1.165, 1.54) is 12.8 Å². The first-order chi connectivity index (χ1) is 5.81. The second kappa shape index (κ2) is 3.32. The number of rotatable bonds is 0. The van der Waals surface area contributed by atoms with Crippen LogP contribution in [-0.2, 0) is 4.74 Å². The highest BCUT2D eigenvalue weighted by molar-refractivity contribution is 4.95. The number of nitrogens with one attached hydrogen (secondary N) is 2. The Labute approximate surface area is 73.9 Å². The zero-order valence-electron chi connectivity index (χ0n) is 7.73. The van der Waals surface area contributed by atoms with Crippen molar-refractivity contribution in [3.63, 3.8) is 0 Å². The van der Waals surface area contributed by atoms with Gasteiger partial charge in [-0.15, -0.1) is 0 Å². The summed E-state index contributed by atoms with van der Waals surface area (Å²) in [5.41, 5.74) is 0.303. The van der Waals surface area contributed by atoms with E-state index in [-0.39, 0.29) is 0 Å². The molecule has 2 aliphatic heterocycles. The summed E-state index contributed by atoms with van der Waals surface area (Å²) in [4.78, 5) is 0. The summed E-state index contributed by atoms with van der Waals surface area (Å²) in [6, 6.07) is 0. The zero-order valence-corrected chi connectivity index (χ0v) is 7.73. The molecule has 0 aromatic heterocycles. The zero-order chi connectivity index (χ0) is 8.44. The molecule has 1 spiro atoms. The molecule has 1 unspecified atom stereocenters. The normalized spacial score (nSPS) is 35.2. The number of hydrogen-bond acceptors (Lipinski definition) is 3. The van der Waals surface area contributed by atoms with Crippen LogP contribution in [0.1, 0.15) is 19.8 Å². The van der Waals surface area contributed by atoms with Crippen LogP contribution >= 0.6 is 0 Å². The number of hydrogen-bond donors (Lipinski definition) is 2. The topological polar surface area (TPSA) is 33.3 Å². The monoisotopic (exact) mass is 170 g/mol. The minimum atomic E-state index is 0.303. The standard InChI is InChI=1S/C9H18N2O/c1-8-6-11-9(7-12-8)2-4-10-5-3-9/h8,10-11H,2-7H2,1H3. The second-order valence-electron chi connectivity index (χ2n) is 4.03. The van der Waals surface area contributed by atoms with Gasteiger partial charge in [0.25, 0.3) is 0 Å². The lowest BCUT2D eigenvalue weighted by atomic mass is 9.88. The molecule has 0 aromatic rings. The van der Waals surface area contributed by atoms with Crippen molar-refractivity contribution < 1.29 is 4.74 Å². The smallest absolute Gasteiger partial charge is 0.0672 e. The van der Waals surface area contributed by atoms with E-state index in [1.54, 1.807) is 0 Å². The molecule has 0 saturated carbocycles. The minimum Gasteiger partial charge on any atom is -0.375 e. The second-order valence-corrected chi connectivity index (χ2v) is 4.03. The molecule has 2 rings (SSSR count). The van der Waals surface area contributed by atoms with Crippen LogP contribution in [0.5, 0.6) is 0 Å². The summed E-state index contributed by atoms with van der Waals surface area (Å²) in [5, 5.41) is 6.99. The molecular formula is C9H18N2O. The quantitative estimate of drug-likeness (QED) is 0.541. The van der Waals surface area contributed by atoms with Gasteiger partial charge in [-0.2, -0.15) is 0 Å². The molecule has 12 heavy (non-hydrogen) atoms. The van der Waals surface area contributed by atoms with Crippen molar-refractivity contribution in [2.45, 2.75) is 31.4 Å². The molecular weight excluding hydrogens is 152 g/mol. The maximum atomic E-state index is 5.68. The average Bonchev–Trinajstić information content (AvgIpc) is 2.13. The van der Waals surface area contributed by atoms with E-state index < -0.39 is 0 Å². The summed E-state index contributed by atoms with van der Waals surface area (Å²) in [6.45, 7) is 6.30. The van der Waals surface area contributed by atoms with Crippen LogP contribution in [0.4, 0.5) is 0 Å². The fourth-order valence-corrected chi connectivity index (χ4v) is 2.00. The Morgan fingerprint density at radius 2 is 2.08 bits per heavy atom. The van der Waals surface area contributed by atoms with Crippen LogP contribution in [0.25, 0.3) is 0 Å². The maximum Gasteiger partial charge on any atom is 0.0672 e. The third-order valence-corrected chi connectivity index (χ3v) is 2.97. The molecule has 2 saturated heterocycles. The Balaban J connectivity index is 1.92. The summed E-state index contributed by atoms with van der Waals surface area (Å²) >= 11 is 0. The maximum absolute atomic E-state index is 5.68. The van der Waals surface area contributed by atoms with Crippen LogP contribution in [0.2, 0.25) is 0 Å². The molecule has 3 nitrogen and oxygen atoms in total. The Morgan fingerprint density at radius 1 is 1.33 bits per heavy atom. The third kappa shape index (κ3) is 1.63. The van der Waals surface area contributed by atoms with Crippen LogP contribution in [-0.4, -0.2) is 37.9 Å². The Morgan fingerprint density at radius 3 is 2.67 bits per heavy atom. The van der Waals surface area contributed by atoms with Gasteiger partial charge in [-0.25, -0.2) is 0 Å². The predicted octanol–water partition coefficient (Wildman–Crippen LogP) is 0.117. The summed E-state index contributed by atoms with van der Waals surface area (Å²) in [7, 11) is 0. The lowest BCUT2D eigenvalue weighted by Gasteiger charge is -2.43. The van der Waals surface area contributed by atoms with E-state index in [0.29, 0.717) is 11.6 Å². The van der Waals surface area contributed by atoms with E-state index in [2.05, 4.69) is 17.6 Å². The van der Waals surface area contributed by atoms with E-state index in [0.717, 1.165) is 26.2 Å². The number of morpholine rings is 1. The van der Waals surface area contributed by atoms with Crippen LogP contribution in [0, 0.1) is 0 Å². The molecule has 0 aliphatic carbocycles. The van der Waals surface area contributed by atoms with E-state index in [9.17, 15) is 0 Å². The molecule has 2 aliphatic rings. The van der Waals surface area contributed by atoms with E-state index >= 15 is 0 Å². The molecule has 2 heterocycles. The number of piperidine rings is 1. The van der Waals surface area contributed by atoms with Gasteiger partial charge in [0.1, 0.15) is 0 Å². The van der Waals surface area contributed by atoms with Crippen LogP contribution < -0.4 is 10.6 Å². The predicted molar refractivity (Wildman–Crippen MR) is 48.3 cm³/mol. The minimum absolute atomic E-state index is 0.303. The van der Waals surface area contributed by atoms with Gasteiger partial charge < -0.3 is 15.4 Å². The van der Waals surface area contributed by atoms with E-state index in [4.69, 9.17) is 4.74 Å². The van der Waals surface area contributed by atoms with Gasteiger partial charge in [-0.05, 0) is 32.9 Å². The van der Waals surface area contributed by atoms with Crippen LogP contribution in [0.3, 0.4) is 0 Å². The molecule has 2 fully saturated rings. The summed E-state index contributed by atoms with van der Waals surface area (Å²) in [5.74, 6) is 0. The van der Waals surface area contributed by atoms with Gasteiger partial charge >= 0.3 is 0 Å². The first-order valence-electron chi connectivity index (χ1n) is 4.88. The lowest BCUT2D eigenvalue weighted by molar-refractivity contribution is -0.0341. The third-order valence-electron chi connectivity index (χ3n) is 2.97. The van der Waals surface area contributed by atoms with Crippen molar-refractivity contribution in [1.29, 1.82) is 0 Å². The van der Waals surface area contributed by atoms with Crippen molar-refractivity contribution >= 4 is 0 Å². The Bertz CT molecular complexity index is 145. The fraction of sp³-hybridized carbons (Fsp3) is 1.00. The van der Waals surface area contributed by atoms with Crippen molar-refractivity contribution in [2.75, 3.05) is 26.2 Å². The van der Waals surface area contributed by atoms with Gasteiger partial charge in [0.15, 0.2) is 0 Å². The van der Waals surface area contributed by atoms with Gasteiger partial charge in [0.2, 0.25) is 0 Å². The van der Waals surface area contributed by atoms with Gasteiger partial charge in [0, 0.05) is 12.1 Å². The largest absolute Gasteiger partial charge is 0.375 e. The molecule has 0 bridgehead atoms.